The number of aryl methyl sites for hydroxylation is 1. The van der Waals surface area contributed by atoms with E-state index in [9.17, 15) is 14.7 Å². The third-order valence-corrected chi connectivity index (χ3v) is 3.99. The van der Waals surface area contributed by atoms with Crippen LogP contribution in [0.15, 0.2) is 65.2 Å². The SMILES string of the molecule is Cc1cc(C(=O)Nc2cccc(C#CC(=O)N[C@H](CO)c3ccccc3)c2)no1. The zero-order chi connectivity index (χ0) is 20.6. The van der Waals surface area contributed by atoms with Gasteiger partial charge in [0.2, 0.25) is 0 Å². The van der Waals surface area contributed by atoms with E-state index in [2.05, 4.69) is 27.6 Å². The van der Waals surface area contributed by atoms with Gasteiger partial charge in [0.25, 0.3) is 11.8 Å². The lowest BCUT2D eigenvalue weighted by atomic mass is 10.1. The molecule has 1 atom stereocenters. The highest BCUT2D eigenvalue weighted by atomic mass is 16.5. The highest BCUT2D eigenvalue weighted by Gasteiger charge is 2.12. The van der Waals surface area contributed by atoms with Gasteiger partial charge in [-0.1, -0.05) is 47.5 Å². The number of nitrogens with zero attached hydrogens (tertiary/aromatic N) is 1. The summed E-state index contributed by atoms with van der Waals surface area (Å²) in [6.07, 6.45) is 0. The first-order valence-corrected chi connectivity index (χ1v) is 8.88. The van der Waals surface area contributed by atoms with Crippen LogP contribution in [0.3, 0.4) is 0 Å². The summed E-state index contributed by atoms with van der Waals surface area (Å²) >= 11 is 0. The minimum absolute atomic E-state index is 0.175. The lowest BCUT2D eigenvalue weighted by Gasteiger charge is -2.14. The molecule has 0 radical (unpaired) electrons. The average molecular weight is 389 g/mol. The van der Waals surface area contributed by atoms with Crippen LogP contribution < -0.4 is 10.6 Å². The van der Waals surface area contributed by atoms with Gasteiger partial charge >= 0.3 is 0 Å². The van der Waals surface area contributed by atoms with E-state index in [1.54, 1.807) is 31.2 Å². The second-order valence-corrected chi connectivity index (χ2v) is 6.23. The smallest absolute Gasteiger partial charge is 0.296 e. The molecule has 1 heterocycles. The first kappa shape index (κ1) is 19.9. The van der Waals surface area contributed by atoms with Gasteiger partial charge in [0, 0.05) is 23.2 Å². The van der Waals surface area contributed by atoms with E-state index >= 15 is 0 Å². The standard InChI is InChI=1S/C22H19N3O4/c1-15-12-19(25-29-15)22(28)23-18-9-5-6-16(13-18)10-11-21(27)24-20(14-26)17-7-3-2-4-8-17/h2-9,12-13,20,26H,14H2,1H3,(H,23,28)(H,24,27)/t20-/m1/s1. The predicted octanol–water partition coefficient (Wildman–Crippen LogP) is 2.44. The van der Waals surface area contributed by atoms with Crippen LogP contribution in [0.4, 0.5) is 5.69 Å². The van der Waals surface area contributed by atoms with Crippen molar-refractivity contribution in [3.8, 4) is 11.8 Å². The van der Waals surface area contributed by atoms with Gasteiger partial charge < -0.3 is 20.3 Å². The number of anilines is 1. The molecule has 0 saturated carbocycles. The van der Waals surface area contributed by atoms with Crippen molar-refractivity contribution < 1.29 is 19.2 Å². The number of carbonyl (C=O) groups is 2. The average Bonchev–Trinajstić information content (AvgIpc) is 3.18. The molecule has 7 nitrogen and oxygen atoms in total. The maximum atomic E-state index is 12.1. The second kappa shape index (κ2) is 9.35. The molecular weight excluding hydrogens is 370 g/mol. The molecule has 0 unspecified atom stereocenters. The van der Waals surface area contributed by atoms with E-state index in [1.807, 2.05) is 30.3 Å². The summed E-state index contributed by atoms with van der Waals surface area (Å²) in [6.45, 7) is 1.46. The number of amides is 2. The van der Waals surface area contributed by atoms with Crippen molar-refractivity contribution in [3.05, 3.63) is 83.2 Å². The first-order valence-electron chi connectivity index (χ1n) is 8.88. The van der Waals surface area contributed by atoms with Crippen LogP contribution in [0.2, 0.25) is 0 Å². The Hall–Kier alpha value is -3.89. The highest BCUT2D eigenvalue weighted by Crippen LogP contribution is 2.13. The third kappa shape index (κ3) is 5.54. The Kier molecular flexibility index (Phi) is 6.40. The first-order chi connectivity index (χ1) is 14.0. The Morgan fingerprint density at radius 1 is 1.14 bits per heavy atom. The van der Waals surface area contributed by atoms with Gasteiger partial charge in [-0.3, -0.25) is 9.59 Å². The van der Waals surface area contributed by atoms with E-state index in [0.29, 0.717) is 17.0 Å². The van der Waals surface area contributed by atoms with Crippen LogP contribution in [0.1, 0.15) is 33.4 Å². The maximum Gasteiger partial charge on any atom is 0.296 e. The molecule has 146 valence electrons. The fourth-order valence-electron chi connectivity index (χ4n) is 2.59. The van der Waals surface area contributed by atoms with Gasteiger partial charge in [0.1, 0.15) is 5.76 Å². The molecule has 3 N–H and O–H groups in total. The van der Waals surface area contributed by atoms with E-state index in [0.717, 1.165) is 5.56 Å². The molecule has 2 aromatic carbocycles. The molecular formula is C22H19N3O4. The number of hydrogen-bond acceptors (Lipinski definition) is 5. The largest absolute Gasteiger partial charge is 0.394 e. The zero-order valence-electron chi connectivity index (χ0n) is 15.7. The normalized spacial score (nSPS) is 11.1. The van der Waals surface area contributed by atoms with Crippen LogP contribution in [-0.2, 0) is 4.79 Å². The highest BCUT2D eigenvalue weighted by molar-refractivity contribution is 6.03. The second-order valence-electron chi connectivity index (χ2n) is 6.23. The Morgan fingerprint density at radius 3 is 2.62 bits per heavy atom. The fraction of sp³-hybridized carbons (Fsp3) is 0.136. The summed E-state index contributed by atoms with van der Waals surface area (Å²) in [5.74, 6) is 4.87. The van der Waals surface area contributed by atoms with E-state index in [1.165, 1.54) is 6.07 Å². The monoisotopic (exact) mass is 389 g/mol. The Bertz CT molecular complexity index is 1060. The van der Waals surface area contributed by atoms with Crippen LogP contribution in [-0.4, -0.2) is 28.7 Å². The number of aliphatic hydroxyl groups excluding tert-OH is 1. The van der Waals surface area contributed by atoms with Gasteiger partial charge in [-0.05, 0) is 30.7 Å². The summed E-state index contributed by atoms with van der Waals surface area (Å²) < 4.78 is 4.89. The van der Waals surface area contributed by atoms with Crippen molar-refractivity contribution in [2.75, 3.05) is 11.9 Å². The number of hydrogen-bond donors (Lipinski definition) is 3. The molecule has 0 bridgehead atoms. The lowest BCUT2D eigenvalue weighted by Crippen LogP contribution is -2.29. The molecule has 2 amide bonds. The third-order valence-electron chi connectivity index (χ3n) is 3.99. The zero-order valence-corrected chi connectivity index (χ0v) is 15.7. The van der Waals surface area contributed by atoms with Gasteiger partial charge in [0.15, 0.2) is 5.69 Å². The molecule has 3 rings (SSSR count). The fourth-order valence-corrected chi connectivity index (χ4v) is 2.59. The maximum absolute atomic E-state index is 12.1. The Morgan fingerprint density at radius 2 is 1.93 bits per heavy atom. The van der Waals surface area contributed by atoms with Crippen LogP contribution in [0.25, 0.3) is 0 Å². The Balaban J connectivity index is 1.65. The number of aliphatic hydroxyl groups is 1. The van der Waals surface area contributed by atoms with E-state index in [4.69, 9.17) is 4.52 Å². The van der Waals surface area contributed by atoms with Crippen molar-refractivity contribution in [1.82, 2.24) is 10.5 Å². The van der Waals surface area contributed by atoms with E-state index in [-0.39, 0.29) is 12.3 Å². The number of carbonyl (C=O) groups excluding carboxylic acids is 2. The summed E-state index contributed by atoms with van der Waals surface area (Å²) in [7, 11) is 0. The number of aromatic nitrogens is 1. The lowest BCUT2D eigenvalue weighted by molar-refractivity contribution is -0.116. The topological polar surface area (TPSA) is 104 Å². The van der Waals surface area contributed by atoms with Gasteiger partial charge in [-0.2, -0.15) is 0 Å². The van der Waals surface area contributed by atoms with E-state index < -0.39 is 17.9 Å². The predicted molar refractivity (Wildman–Crippen MR) is 107 cm³/mol. The summed E-state index contributed by atoms with van der Waals surface area (Å²) in [6, 6.07) is 16.9. The van der Waals surface area contributed by atoms with Gasteiger partial charge in [-0.25, -0.2) is 0 Å². The minimum Gasteiger partial charge on any atom is -0.394 e. The number of benzene rings is 2. The van der Waals surface area contributed by atoms with Crippen molar-refractivity contribution in [2.45, 2.75) is 13.0 Å². The van der Waals surface area contributed by atoms with Crippen LogP contribution in [0, 0.1) is 18.8 Å². The Labute approximate surface area is 167 Å². The summed E-state index contributed by atoms with van der Waals surface area (Å²) in [5, 5.41) is 18.6. The van der Waals surface area contributed by atoms with Crippen LogP contribution >= 0.6 is 0 Å². The number of rotatable bonds is 5. The summed E-state index contributed by atoms with van der Waals surface area (Å²) in [4.78, 5) is 24.3. The number of nitrogens with one attached hydrogen (secondary N) is 2. The molecule has 0 aliphatic heterocycles. The molecule has 29 heavy (non-hydrogen) atoms. The molecule has 7 heteroatoms. The molecule has 0 spiro atoms. The van der Waals surface area contributed by atoms with Crippen molar-refractivity contribution >= 4 is 17.5 Å². The van der Waals surface area contributed by atoms with Crippen molar-refractivity contribution in [1.29, 1.82) is 0 Å². The molecule has 1 aromatic heterocycles. The quantitative estimate of drug-likeness (QED) is 0.582. The van der Waals surface area contributed by atoms with Gasteiger partial charge in [-0.15, -0.1) is 0 Å². The minimum atomic E-state index is -0.533. The molecule has 0 aliphatic carbocycles. The molecule has 3 aromatic rings. The molecule has 0 fully saturated rings. The molecule has 0 saturated heterocycles. The molecule has 0 aliphatic rings. The van der Waals surface area contributed by atoms with Crippen molar-refractivity contribution in [3.63, 3.8) is 0 Å². The van der Waals surface area contributed by atoms with Gasteiger partial charge in [0.05, 0.1) is 12.6 Å². The summed E-state index contributed by atoms with van der Waals surface area (Å²) in [5.41, 5.74) is 2.03. The van der Waals surface area contributed by atoms with Crippen molar-refractivity contribution in [2.24, 2.45) is 0 Å². The van der Waals surface area contributed by atoms with Crippen LogP contribution in [0.5, 0.6) is 0 Å².